The molecule has 0 saturated heterocycles. The Balaban J connectivity index is 2.07. The SMILES string of the molecule is NCC1CCCC1C(=O)Nc1ccc(F)cc1F. The van der Waals surface area contributed by atoms with Crippen LogP contribution in [0.4, 0.5) is 14.5 Å². The minimum absolute atomic E-state index is 0.0177. The molecule has 1 amide bonds. The summed E-state index contributed by atoms with van der Waals surface area (Å²) < 4.78 is 26.1. The zero-order valence-electron chi connectivity index (χ0n) is 9.96. The third-order valence-corrected chi connectivity index (χ3v) is 3.49. The number of nitrogens with one attached hydrogen (secondary N) is 1. The van der Waals surface area contributed by atoms with Gasteiger partial charge in [0.2, 0.25) is 5.91 Å². The zero-order valence-corrected chi connectivity index (χ0v) is 9.96. The van der Waals surface area contributed by atoms with Crippen molar-refractivity contribution in [3.8, 4) is 0 Å². The van der Waals surface area contributed by atoms with E-state index in [9.17, 15) is 13.6 Å². The molecular weight excluding hydrogens is 238 g/mol. The Labute approximate surface area is 104 Å². The first-order chi connectivity index (χ1) is 8.61. The molecular formula is C13H16F2N2O. The number of amides is 1. The van der Waals surface area contributed by atoms with Crippen LogP contribution in [0.15, 0.2) is 18.2 Å². The van der Waals surface area contributed by atoms with Gasteiger partial charge in [0, 0.05) is 12.0 Å². The molecule has 1 aromatic carbocycles. The molecule has 0 heterocycles. The first kappa shape index (κ1) is 13.0. The summed E-state index contributed by atoms with van der Waals surface area (Å²) in [6, 6.07) is 3.10. The van der Waals surface area contributed by atoms with Crippen LogP contribution in [0, 0.1) is 23.5 Å². The van der Waals surface area contributed by atoms with Gasteiger partial charge in [0.25, 0.3) is 0 Å². The molecule has 0 aromatic heterocycles. The number of rotatable bonds is 3. The van der Waals surface area contributed by atoms with Crippen LogP contribution in [0.1, 0.15) is 19.3 Å². The first-order valence-corrected chi connectivity index (χ1v) is 6.08. The summed E-state index contributed by atoms with van der Waals surface area (Å²) in [5.41, 5.74) is 5.62. The number of nitrogens with two attached hydrogens (primary N) is 1. The Bertz CT molecular complexity index is 451. The van der Waals surface area contributed by atoms with E-state index >= 15 is 0 Å². The Morgan fingerprint density at radius 3 is 2.83 bits per heavy atom. The molecule has 1 aliphatic rings. The third kappa shape index (κ3) is 2.67. The summed E-state index contributed by atoms with van der Waals surface area (Å²) in [7, 11) is 0. The fourth-order valence-corrected chi connectivity index (χ4v) is 2.48. The topological polar surface area (TPSA) is 55.1 Å². The summed E-state index contributed by atoms with van der Waals surface area (Å²) in [6.45, 7) is 0.462. The summed E-state index contributed by atoms with van der Waals surface area (Å²) >= 11 is 0. The third-order valence-electron chi connectivity index (χ3n) is 3.49. The van der Waals surface area contributed by atoms with Crippen molar-refractivity contribution in [3.05, 3.63) is 29.8 Å². The molecule has 0 bridgehead atoms. The Morgan fingerprint density at radius 1 is 1.39 bits per heavy atom. The van der Waals surface area contributed by atoms with Crippen LogP contribution in [-0.2, 0) is 4.79 Å². The highest BCUT2D eigenvalue weighted by molar-refractivity contribution is 5.93. The van der Waals surface area contributed by atoms with Crippen molar-refractivity contribution in [1.82, 2.24) is 0 Å². The molecule has 5 heteroatoms. The number of hydrogen-bond acceptors (Lipinski definition) is 2. The molecule has 3 N–H and O–H groups in total. The molecule has 1 fully saturated rings. The monoisotopic (exact) mass is 254 g/mol. The molecule has 0 aliphatic heterocycles. The highest BCUT2D eigenvalue weighted by Gasteiger charge is 2.32. The van der Waals surface area contributed by atoms with Gasteiger partial charge in [-0.1, -0.05) is 6.42 Å². The predicted molar refractivity (Wildman–Crippen MR) is 64.9 cm³/mol. The highest BCUT2D eigenvalue weighted by Crippen LogP contribution is 2.32. The second-order valence-electron chi connectivity index (χ2n) is 4.65. The van der Waals surface area contributed by atoms with Crippen molar-refractivity contribution in [2.24, 2.45) is 17.6 Å². The van der Waals surface area contributed by atoms with E-state index in [1.807, 2.05) is 0 Å². The minimum Gasteiger partial charge on any atom is -0.330 e. The number of anilines is 1. The molecule has 18 heavy (non-hydrogen) atoms. The van der Waals surface area contributed by atoms with E-state index in [2.05, 4.69) is 5.32 Å². The lowest BCUT2D eigenvalue weighted by Gasteiger charge is -2.17. The van der Waals surface area contributed by atoms with Crippen LogP contribution in [0.2, 0.25) is 0 Å². The number of halogens is 2. The summed E-state index contributed by atoms with van der Waals surface area (Å²) in [5.74, 6) is -1.65. The Morgan fingerprint density at radius 2 is 2.17 bits per heavy atom. The van der Waals surface area contributed by atoms with Gasteiger partial charge in [-0.25, -0.2) is 8.78 Å². The van der Waals surface area contributed by atoms with E-state index in [1.165, 1.54) is 6.07 Å². The van der Waals surface area contributed by atoms with Crippen LogP contribution in [0.25, 0.3) is 0 Å². The molecule has 2 unspecified atom stereocenters. The fraction of sp³-hybridized carbons (Fsp3) is 0.462. The summed E-state index contributed by atoms with van der Waals surface area (Å²) in [5, 5.41) is 2.51. The van der Waals surface area contributed by atoms with Gasteiger partial charge in [0.05, 0.1) is 5.69 Å². The van der Waals surface area contributed by atoms with Gasteiger partial charge >= 0.3 is 0 Å². The van der Waals surface area contributed by atoms with E-state index in [4.69, 9.17) is 5.73 Å². The maximum atomic E-state index is 13.4. The summed E-state index contributed by atoms with van der Waals surface area (Å²) in [6.07, 6.45) is 2.67. The van der Waals surface area contributed by atoms with Gasteiger partial charge in [0.15, 0.2) is 0 Å². The number of hydrogen-bond donors (Lipinski definition) is 2. The highest BCUT2D eigenvalue weighted by atomic mass is 19.1. The Hall–Kier alpha value is -1.49. The van der Waals surface area contributed by atoms with E-state index in [0.29, 0.717) is 6.54 Å². The molecule has 0 spiro atoms. The second-order valence-corrected chi connectivity index (χ2v) is 4.65. The maximum Gasteiger partial charge on any atom is 0.227 e. The lowest BCUT2D eigenvalue weighted by Crippen LogP contribution is -2.30. The standard InChI is InChI=1S/C13H16F2N2O/c14-9-4-5-12(11(15)6-9)17-13(18)10-3-1-2-8(10)7-16/h4-6,8,10H,1-3,7,16H2,(H,17,18). The molecule has 98 valence electrons. The van der Waals surface area contributed by atoms with Crippen molar-refractivity contribution < 1.29 is 13.6 Å². The van der Waals surface area contributed by atoms with E-state index < -0.39 is 11.6 Å². The normalized spacial score (nSPS) is 23.1. The largest absolute Gasteiger partial charge is 0.330 e. The van der Waals surface area contributed by atoms with Gasteiger partial charge in [0.1, 0.15) is 11.6 Å². The van der Waals surface area contributed by atoms with Crippen molar-refractivity contribution in [1.29, 1.82) is 0 Å². The second kappa shape index (κ2) is 5.44. The van der Waals surface area contributed by atoms with E-state index in [1.54, 1.807) is 0 Å². The van der Waals surface area contributed by atoms with Gasteiger partial charge in [-0.2, -0.15) is 0 Å². The fourth-order valence-electron chi connectivity index (χ4n) is 2.48. The Kier molecular flexibility index (Phi) is 3.91. The first-order valence-electron chi connectivity index (χ1n) is 6.08. The molecule has 1 saturated carbocycles. The van der Waals surface area contributed by atoms with Crippen molar-refractivity contribution in [2.45, 2.75) is 19.3 Å². The maximum absolute atomic E-state index is 13.4. The van der Waals surface area contributed by atoms with Crippen molar-refractivity contribution >= 4 is 11.6 Å². The van der Waals surface area contributed by atoms with E-state index in [0.717, 1.165) is 31.4 Å². The lowest BCUT2D eigenvalue weighted by molar-refractivity contribution is -0.120. The van der Waals surface area contributed by atoms with Gasteiger partial charge in [-0.3, -0.25) is 4.79 Å². The average Bonchev–Trinajstić information content (AvgIpc) is 2.81. The van der Waals surface area contributed by atoms with Gasteiger partial charge < -0.3 is 11.1 Å². The van der Waals surface area contributed by atoms with Gasteiger partial charge in [-0.05, 0) is 37.4 Å². The van der Waals surface area contributed by atoms with Crippen LogP contribution in [0.3, 0.4) is 0 Å². The smallest absolute Gasteiger partial charge is 0.227 e. The zero-order chi connectivity index (χ0) is 13.1. The molecule has 1 aliphatic carbocycles. The number of benzene rings is 1. The molecule has 2 rings (SSSR count). The molecule has 0 radical (unpaired) electrons. The quantitative estimate of drug-likeness (QED) is 0.869. The van der Waals surface area contributed by atoms with Gasteiger partial charge in [-0.15, -0.1) is 0 Å². The van der Waals surface area contributed by atoms with Crippen LogP contribution < -0.4 is 11.1 Å². The van der Waals surface area contributed by atoms with Crippen LogP contribution in [-0.4, -0.2) is 12.5 Å². The minimum atomic E-state index is -0.759. The summed E-state index contributed by atoms with van der Waals surface area (Å²) in [4.78, 5) is 12.0. The molecule has 3 nitrogen and oxygen atoms in total. The predicted octanol–water partition coefficient (Wildman–Crippen LogP) is 2.28. The average molecular weight is 254 g/mol. The molecule has 1 aromatic rings. The number of carbonyl (C=O) groups is 1. The lowest BCUT2D eigenvalue weighted by atomic mass is 9.95. The van der Waals surface area contributed by atoms with Crippen molar-refractivity contribution in [2.75, 3.05) is 11.9 Å². The van der Waals surface area contributed by atoms with E-state index in [-0.39, 0.29) is 23.4 Å². The van der Waals surface area contributed by atoms with Crippen LogP contribution in [0.5, 0.6) is 0 Å². The molecule has 2 atom stereocenters. The van der Waals surface area contributed by atoms with Crippen LogP contribution >= 0.6 is 0 Å². The number of carbonyl (C=O) groups excluding carboxylic acids is 1. The van der Waals surface area contributed by atoms with Crippen molar-refractivity contribution in [3.63, 3.8) is 0 Å².